The molecule has 0 heterocycles. The summed E-state index contributed by atoms with van der Waals surface area (Å²) in [6.45, 7) is 0. The lowest BCUT2D eigenvalue weighted by molar-refractivity contribution is -0.394. The van der Waals surface area contributed by atoms with Crippen LogP contribution in [0.4, 0.5) is 15.8 Å². The van der Waals surface area contributed by atoms with Gasteiger partial charge in [0.1, 0.15) is 5.82 Å². The Kier molecular flexibility index (Phi) is 6.88. The zero-order chi connectivity index (χ0) is 24.0. The lowest BCUT2D eigenvalue weighted by Gasteiger charge is -2.11. The van der Waals surface area contributed by atoms with Crippen LogP contribution in [0.3, 0.4) is 0 Å². The van der Waals surface area contributed by atoms with Crippen molar-refractivity contribution in [1.82, 2.24) is 5.43 Å². The fourth-order valence-electron chi connectivity index (χ4n) is 2.68. The van der Waals surface area contributed by atoms with Crippen molar-refractivity contribution in [3.8, 4) is 17.2 Å². The molecule has 1 N–H and O–H groups in total. The van der Waals surface area contributed by atoms with Crippen LogP contribution in [0.1, 0.15) is 15.9 Å². The summed E-state index contributed by atoms with van der Waals surface area (Å²) < 4.78 is 24.0. The summed E-state index contributed by atoms with van der Waals surface area (Å²) in [4.78, 5) is 32.6. The highest BCUT2D eigenvalue weighted by Gasteiger charge is 2.22. The predicted molar refractivity (Wildman–Crippen MR) is 114 cm³/mol. The van der Waals surface area contributed by atoms with Crippen molar-refractivity contribution in [2.45, 2.75) is 0 Å². The van der Waals surface area contributed by atoms with Gasteiger partial charge in [-0.15, -0.1) is 0 Å². The van der Waals surface area contributed by atoms with Gasteiger partial charge in [0.15, 0.2) is 11.5 Å². The highest BCUT2D eigenvalue weighted by molar-refractivity contribution is 5.94. The molecular formula is C21H15FN4O7. The molecule has 0 spiro atoms. The highest BCUT2D eigenvalue weighted by atomic mass is 19.1. The number of methoxy groups -OCH3 is 1. The van der Waals surface area contributed by atoms with Gasteiger partial charge >= 0.3 is 5.69 Å². The zero-order valence-corrected chi connectivity index (χ0v) is 16.9. The van der Waals surface area contributed by atoms with Gasteiger partial charge in [-0.05, 0) is 48.0 Å². The molecule has 12 heteroatoms. The summed E-state index contributed by atoms with van der Waals surface area (Å²) in [6.07, 6.45) is 1.30. The molecule has 0 atom stereocenters. The number of nitrogens with zero attached hydrogens (tertiary/aromatic N) is 3. The molecule has 11 nitrogen and oxygen atoms in total. The molecule has 0 fully saturated rings. The maximum atomic E-state index is 13.2. The standard InChI is InChI=1S/C21H15FN4O7/c1-32-20-9-13(12-23-24-21(27)14-3-2-4-15(22)10-14)5-7-19(20)33-18-8-6-16(25(28)29)11-17(18)26(30)31/h2-12H,1H3,(H,24,27)/b23-12-. The van der Waals surface area contributed by atoms with E-state index < -0.39 is 32.9 Å². The smallest absolute Gasteiger partial charge is 0.318 e. The van der Waals surface area contributed by atoms with E-state index in [-0.39, 0.29) is 22.8 Å². The summed E-state index contributed by atoms with van der Waals surface area (Å²) in [5.41, 5.74) is 1.80. The Labute approximate surface area is 185 Å². The number of hydrogen-bond acceptors (Lipinski definition) is 8. The quantitative estimate of drug-likeness (QED) is 0.305. The third-order valence-electron chi connectivity index (χ3n) is 4.22. The van der Waals surface area contributed by atoms with Crippen LogP contribution in [-0.4, -0.2) is 29.1 Å². The van der Waals surface area contributed by atoms with Crippen molar-refractivity contribution in [2.75, 3.05) is 7.11 Å². The molecule has 0 aliphatic rings. The molecule has 3 rings (SSSR count). The van der Waals surface area contributed by atoms with Crippen LogP contribution in [-0.2, 0) is 0 Å². The van der Waals surface area contributed by atoms with Crippen molar-refractivity contribution in [2.24, 2.45) is 5.10 Å². The minimum atomic E-state index is -0.795. The number of benzene rings is 3. The van der Waals surface area contributed by atoms with E-state index in [1.54, 1.807) is 0 Å². The van der Waals surface area contributed by atoms with E-state index in [2.05, 4.69) is 10.5 Å². The second-order valence-corrected chi connectivity index (χ2v) is 6.39. The molecule has 1 amide bonds. The minimum Gasteiger partial charge on any atom is -0.493 e. The average Bonchev–Trinajstić information content (AvgIpc) is 2.79. The Balaban J connectivity index is 1.77. The average molecular weight is 454 g/mol. The number of hydrazone groups is 1. The molecular weight excluding hydrogens is 439 g/mol. The van der Waals surface area contributed by atoms with Crippen LogP contribution in [0, 0.1) is 26.0 Å². The Morgan fingerprint density at radius 1 is 1.00 bits per heavy atom. The van der Waals surface area contributed by atoms with Crippen molar-refractivity contribution >= 4 is 23.5 Å². The summed E-state index contributed by atoms with van der Waals surface area (Å²) in [6, 6.07) is 12.6. The van der Waals surface area contributed by atoms with E-state index in [0.29, 0.717) is 5.56 Å². The fraction of sp³-hybridized carbons (Fsp3) is 0.0476. The number of rotatable bonds is 8. The van der Waals surface area contributed by atoms with Gasteiger partial charge in [0, 0.05) is 11.6 Å². The van der Waals surface area contributed by atoms with E-state index in [9.17, 15) is 29.4 Å². The maximum absolute atomic E-state index is 13.2. The molecule has 0 aromatic heterocycles. The Morgan fingerprint density at radius 3 is 2.42 bits per heavy atom. The minimum absolute atomic E-state index is 0.0955. The summed E-state index contributed by atoms with van der Waals surface area (Å²) in [7, 11) is 1.35. The van der Waals surface area contributed by atoms with Crippen LogP contribution in [0.5, 0.6) is 17.2 Å². The van der Waals surface area contributed by atoms with Crippen molar-refractivity contribution < 1.29 is 28.5 Å². The second kappa shape index (κ2) is 9.96. The fourth-order valence-corrected chi connectivity index (χ4v) is 2.68. The van der Waals surface area contributed by atoms with Gasteiger partial charge in [-0.3, -0.25) is 25.0 Å². The molecule has 0 radical (unpaired) electrons. The van der Waals surface area contributed by atoms with Gasteiger partial charge in [-0.2, -0.15) is 5.10 Å². The zero-order valence-electron chi connectivity index (χ0n) is 16.9. The topological polar surface area (TPSA) is 146 Å². The van der Waals surface area contributed by atoms with Crippen LogP contribution in [0.25, 0.3) is 0 Å². The third kappa shape index (κ3) is 5.64. The predicted octanol–water partition coefficient (Wildman–Crippen LogP) is 4.21. The highest BCUT2D eigenvalue weighted by Crippen LogP contribution is 2.38. The lowest BCUT2D eigenvalue weighted by atomic mass is 10.2. The number of nitrogens with one attached hydrogen (secondary N) is 1. The van der Waals surface area contributed by atoms with Crippen LogP contribution in [0.2, 0.25) is 0 Å². The van der Waals surface area contributed by atoms with E-state index in [4.69, 9.17) is 9.47 Å². The Bertz CT molecular complexity index is 1260. The number of amides is 1. The first-order chi connectivity index (χ1) is 15.8. The number of hydrogen-bond donors (Lipinski definition) is 1. The first-order valence-corrected chi connectivity index (χ1v) is 9.16. The number of non-ortho nitro benzene ring substituents is 1. The molecule has 3 aromatic rings. The molecule has 0 aliphatic heterocycles. The SMILES string of the molecule is COc1cc(/C=N\NC(=O)c2cccc(F)c2)ccc1Oc1ccc([N+](=O)[O-])cc1[N+](=O)[O-]. The molecule has 0 saturated heterocycles. The van der Waals surface area contributed by atoms with Crippen LogP contribution < -0.4 is 14.9 Å². The summed E-state index contributed by atoms with van der Waals surface area (Å²) in [5.74, 6) is -1.09. The van der Waals surface area contributed by atoms with E-state index in [1.807, 2.05) is 0 Å². The van der Waals surface area contributed by atoms with Gasteiger partial charge in [0.25, 0.3) is 11.6 Å². The third-order valence-corrected chi connectivity index (χ3v) is 4.22. The van der Waals surface area contributed by atoms with Gasteiger partial charge in [0.05, 0.1) is 29.2 Å². The lowest BCUT2D eigenvalue weighted by Crippen LogP contribution is -2.17. The number of carbonyl (C=O) groups excluding carboxylic acids is 1. The molecule has 3 aromatic carbocycles. The molecule has 0 saturated carbocycles. The largest absolute Gasteiger partial charge is 0.493 e. The molecule has 0 unspecified atom stereocenters. The first-order valence-electron chi connectivity index (χ1n) is 9.16. The normalized spacial score (nSPS) is 10.6. The van der Waals surface area contributed by atoms with Gasteiger partial charge in [-0.25, -0.2) is 9.82 Å². The number of halogens is 1. The number of carbonyl (C=O) groups is 1. The Hall–Kier alpha value is -4.87. The van der Waals surface area contributed by atoms with Crippen LogP contribution in [0.15, 0.2) is 65.8 Å². The number of nitro benzene ring substituents is 2. The van der Waals surface area contributed by atoms with Gasteiger partial charge < -0.3 is 9.47 Å². The number of ether oxygens (including phenoxy) is 2. The first kappa shape index (κ1) is 22.8. The van der Waals surface area contributed by atoms with Crippen molar-refractivity contribution in [3.63, 3.8) is 0 Å². The monoisotopic (exact) mass is 454 g/mol. The van der Waals surface area contributed by atoms with Crippen LogP contribution >= 0.6 is 0 Å². The summed E-state index contributed by atoms with van der Waals surface area (Å²) >= 11 is 0. The van der Waals surface area contributed by atoms with Crippen molar-refractivity contribution in [1.29, 1.82) is 0 Å². The molecule has 168 valence electrons. The van der Waals surface area contributed by atoms with Gasteiger partial charge in [0.2, 0.25) is 5.75 Å². The maximum Gasteiger partial charge on any atom is 0.318 e. The molecule has 0 aliphatic carbocycles. The van der Waals surface area contributed by atoms with E-state index >= 15 is 0 Å². The molecule has 0 bridgehead atoms. The molecule has 33 heavy (non-hydrogen) atoms. The van der Waals surface area contributed by atoms with E-state index in [1.165, 1.54) is 49.7 Å². The summed E-state index contributed by atoms with van der Waals surface area (Å²) in [5, 5.41) is 26.0. The number of nitro groups is 2. The second-order valence-electron chi connectivity index (χ2n) is 6.39. The van der Waals surface area contributed by atoms with Gasteiger partial charge in [-0.1, -0.05) is 6.07 Å². The van der Waals surface area contributed by atoms with E-state index in [0.717, 1.165) is 24.3 Å². The Morgan fingerprint density at radius 2 is 1.76 bits per heavy atom. The van der Waals surface area contributed by atoms with Crippen molar-refractivity contribution in [3.05, 3.63) is 97.8 Å².